The Hall–Kier alpha value is -0.410. The molecule has 1 aliphatic carbocycles. The van der Waals surface area contributed by atoms with Gasteiger partial charge in [0.05, 0.1) is 0 Å². The van der Waals surface area contributed by atoms with Crippen molar-refractivity contribution in [1.82, 2.24) is 5.32 Å². The first kappa shape index (κ1) is 12.1. The molecule has 2 rings (SSSR count). The average Bonchev–Trinajstić information content (AvgIpc) is 2.87. The van der Waals surface area contributed by atoms with E-state index < -0.39 is 0 Å². The van der Waals surface area contributed by atoms with E-state index in [2.05, 4.69) is 35.1 Å². The lowest BCUT2D eigenvalue weighted by Gasteiger charge is -2.13. The van der Waals surface area contributed by atoms with Crippen LogP contribution in [0.1, 0.15) is 25.8 Å². The Kier molecular flexibility index (Phi) is 3.36. The molecular weight excluding hydrogens is 269 g/mol. The minimum Gasteiger partial charge on any atom is -0.317 e. The third-order valence-corrected chi connectivity index (χ3v) is 4.09. The maximum Gasteiger partial charge on any atom is 0.128 e. The predicted molar refractivity (Wildman–Crippen MR) is 68.1 cm³/mol. The standard InChI is InChI=1S/C13H17BrFN/c1-3-16-8-9-7-13(9,2)11-5-4-10(14)6-12(11)15/h4-6,9,16H,3,7-8H2,1-2H3. The normalized spacial score (nSPS) is 28.1. The van der Waals surface area contributed by atoms with Gasteiger partial charge in [0.15, 0.2) is 0 Å². The minimum atomic E-state index is -0.0872. The van der Waals surface area contributed by atoms with Crippen LogP contribution in [-0.2, 0) is 5.41 Å². The highest BCUT2D eigenvalue weighted by molar-refractivity contribution is 9.10. The van der Waals surface area contributed by atoms with Crippen LogP contribution < -0.4 is 5.32 Å². The topological polar surface area (TPSA) is 12.0 Å². The lowest BCUT2D eigenvalue weighted by Crippen LogP contribution is -2.20. The molecule has 16 heavy (non-hydrogen) atoms. The van der Waals surface area contributed by atoms with Gasteiger partial charge < -0.3 is 5.32 Å². The van der Waals surface area contributed by atoms with Crippen LogP contribution in [0.5, 0.6) is 0 Å². The van der Waals surface area contributed by atoms with Gasteiger partial charge in [-0.2, -0.15) is 0 Å². The lowest BCUT2D eigenvalue weighted by molar-refractivity contribution is 0.546. The second-order valence-corrected chi connectivity index (χ2v) is 5.67. The molecule has 0 radical (unpaired) electrons. The van der Waals surface area contributed by atoms with Crippen LogP contribution >= 0.6 is 15.9 Å². The van der Waals surface area contributed by atoms with Crippen LogP contribution in [0.4, 0.5) is 4.39 Å². The molecule has 88 valence electrons. The fourth-order valence-corrected chi connectivity index (χ4v) is 2.68. The van der Waals surface area contributed by atoms with E-state index in [1.165, 1.54) is 0 Å². The number of rotatable bonds is 4. The Morgan fingerprint density at radius 2 is 2.31 bits per heavy atom. The van der Waals surface area contributed by atoms with Gasteiger partial charge in [0, 0.05) is 4.47 Å². The molecule has 1 nitrogen and oxygen atoms in total. The maximum absolute atomic E-state index is 13.8. The predicted octanol–water partition coefficient (Wildman–Crippen LogP) is 3.48. The Morgan fingerprint density at radius 3 is 2.94 bits per heavy atom. The van der Waals surface area contributed by atoms with E-state index >= 15 is 0 Å². The van der Waals surface area contributed by atoms with Crippen LogP contribution in [0.3, 0.4) is 0 Å². The van der Waals surface area contributed by atoms with E-state index in [1.54, 1.807) is 6.07 Å². The largest absolute Gasteiger partial charge is 0.317 e. The molecule has 1 aromatic rings. The van der Waals surface area contributed by atoms with Gasteiger partial charge in [-0.05, 0) is 48.5 Å². The van der Waals surface area contributed by atoms with Crippen molar-refractivity contribution >= 4 is 15.9 Å². The number of hydrogen-bond donors (Lipinski definition) is 1. The molecule has 0 aliphatic heterocycles. The first-order chi connectivity index (χ1) is 7.58. The molecule has 2 unspecified atom stereocenters. The smallest absolute Gasteiger partial charge is 0.128 e. The Balaban J connectivity index is 2.13. The first-order valence-electron chi connectivity index (χ1n) is 5.74. The van der Waals surface area contributed by atoms with E-state index in [9.17, 15) is 4.39 Å². The molecule has 0 amide bonds. The van der Waals surface area contributed by atoms with E-state index in [4.69, 9.17) is 0 Å². The van der Waals surface area contributed by atoms with Crippen LogP contribution in [-0.4, -0.2) is 13.1 Å². The van der Waals surface area contributed by atoms with Crippen molar-refractivity contribution in [1.29, 1.82) is 0 Å². The summed E-state index contributed by atoms with van der Waals surface area (Å²) in [5.41, 5.74) is 0.894. The summed E-state index contributed by atoms with van der Waals surface area (Å²) in [4.78, 5) is 0. The molecule has 0 bridgehead atoms. The van der Waals surface area contributed by atoms with Crippen molar-refractivity contribution in [2.45, 2.75) is 25.7 Å². The third-order valence-electron chi connectivity index (χ3n) is 3.60. The molecule has 1 fully saturated rings. The zero-order valence-electron chi connectivity index (χ0n) is 9.69. The highest BCUT2D eigenvalue weighted by atomic mass is 79.9. The summed E-state index contributed by atoms with van der Waals surface area (Å²) in [6.07, 6.45) is 1.08. The zero-order chi connectivity index (χ0) is 11.8. The second kappa shape index (κ2) is 4.46. The Labute approximate surface area is 105 Å². The molecule has 1 N–H and O–H groups in total. The average molecular weight is 286 g/mol. The first-order valence-corrected chi connectivity index (χ1v) is 6.53. The van der Waals surface area contributed by atoms with Crippen molar-refractivity contribution in [3.8, 4) is 0 Å². The summed E-state index contributed by atoms with van der Waals surface area (Å²) in [5, 5.41) is 3.33. The van der Waals surface area contributed by atoms with Crippen molar-refractivity contribution < 1.29 is 4.39 Å². The quantitative estimate of drug-likeness (QED) is 0.893. The van der Waals surface area contributed by atoms with Gasteiger partial charge in [0.25, 0.3) is 0 Å². The molecule has 1 aromatic carbocycles. The van der Waals surface area contributed by atoms with Gasteiger partial charge in [-0.1, -0.05) is 35.8 Å². The maximum atomic E-state index is 13.8. The summed E-state index contributed by atoms with van der Waals surface area (Å²) < 4.78 is 14.6. The highest BCUT2D eigenvalue weighted by Crippen LogP contribution is 2.54. The summed E-state index contributed by atoms with van der Waals surface area (Å²) in [5.74, 6) is 0.485. The summed E-state index contributed by atoms with van der Waals surface area (Å²) >= 11 is 3.29. The fourth-order valence-electron chi connectivity index (χ4n) is 2.35. The van der Waals surface area contributed by atoms with Crippen molar-refractivity contribution in [3.05, 3.63) is 34.1 Å². The summed E-state index contributed by atoms with van der Waals surface area (Å²) in [6.45, 7) is 6.22. The van der Waals surface area contributed by atoms with E-state index in [0.29, 0.717) is 5.92 Å². The van der Waals surface area contributed by atoms with Crippen LogP contribution in [0, 0.1) is 11.7 Å². The molecule has 0 aromatic heterocycles. The molecule has 0 saturated heterocycles. The van der Waals surface area contributed by atoms with E-state index in [1.807, 2.05) is 12.1 Å². The van der Waals surface area contributed by atoms with Gasteiger partial charge >= 0.3 is 0 Å². The van der Waals surface area contributed by atoms with Crippen LogP contribution in [0.2, 0.25) is 0 Å². The minimum absolute atomic E-state index is 0.0347. The highest BCUT2D eigenvalue weighted by Gasteiger charge is 2.51. The molecule has 0 heterocycles. The molecule has 3 heteroatoms. The Morgan fingerprint density at radius 1 is 1.56 bits per heavy atom. The number of hydrogen-bond acceptors (Lipinski definition) is 1. The monoisotopic (exact) mass is 285 g/mol. The van der Waals surface area contributed by atoms with Crippen molar-refractivity contribution in [3.63, 3.8) is 0 Å². The lowest BCUT2D eigenvalue weighted by atomic mass is 9.95. The molecule has 1 saturated carbocycles. The third kappa shape index (κ3) is 2.16. The summed E-state index contributed by atoms with van der Waals surface area (Å²) in [7, 11) is 0. The van der Waals surface area contributed by atoms with Gasteiger partial charge in [0.1, 0.15) is 5.82 Å². The fraction of sp³-hybridized carbons (Fsp3) is 0.538. The van der Waals surface area contributed by atoms with Gasteiger partial charge in [-0.25, -0.2) is 4.39 Å². The summed E-state index contributed by atoms with van der Waals surface area (Å²) in [6, 6.07) is 5.39. The number of nitrogens with one attached hydrogen (secondary N) is 1. The molecule has 2 atom stereocenters. The van der Waals surface area contributed by atoms with Crippen molar-refractivity contribution in [2.24, 2.45) is 5.92 Å². The van der Waals surface area contributed by atoms with Crippen LogP contribution in [0.15, 0.2) is 22.7 Å². The van der Waals surface area contributed by atoms with Crippen molar-refractivity contribution in [2.75, 3.05) is 13.1 Å². The van der Waals surface area contributed by atoms with Gasteiger partial charge in [-0.15, -0.1) is 0 Å². The molecular formula is C13H17BrFN. The van der Waals surface area contributed by atoms with Crippen LogP contribution in [0.25, 0.3) is 0 Å². The SMILES string of the molecule is CCNCC1CC1(C)c1ccc(Br)cc1F. The number of halogens is 2. The molecule has 0 spiro atoms. The second-order valence-electron chi connectivity index (χ2n) is 4.75. The zero-order valence-corrected chi connectivity index (χ0v) is 11.3. The van der Waals surface area contributed by atoms with E-state index in [-0.39, 0.29) is 11.2 Å². The van der Waals surface area contributed by atoms with Gasteiger partial charge in [0.2, 0.25) is 0 Å². The molecule has 1 aliphatic rings. The van der Waals surface area contributed by atoms with Gasteiger partial charge in [-0.3, -0.25) is 0 Å². The Bertz CT molecular complexity index is 394. The van der Waals surface area contributed by atoms with E-state index in [0.717, 1.165) is 29.5 Å². The number of benzene rings is 1.